The first-order valence-electron chi connectivity index (χ1n) is 10.6. The summed E-state index contributed by atoms with van der Waals surface area (Å²) >= 11 is 0. The second-order valence-electron chi connectivity index (χ2n) is 8.15. The molecule has 1 unspecified atom stereocenters. The number of amides is 1. The van der Waals surface area contributed by atoms with Gasteiger partial charge < -0.3 is 14.4 Å². The largest absolute Gasteiger partial charge is 0.508 e. The highest BCUT2D eigenvalue weighted by atomic mass is 16.3. The molecule has 0 aliphatic carbocycles. The van der Waals surface area contributed by atoms with Gasteiger partial charge in [0.05, 0.1) is 6.54 Å². The van der Waals surface area contributed by atoms with Gasteiger partial charge in [0.15, 0.2) is 5.69 Å². The molecular formula is C22H30N4O3. The van der Waals surface area contributed by atoms with Crippen LogP contribution >= 0.6 is 0 Å². The molecular weight excluding hydrogens is 368 g/mol. The molecule has 0 saturated carbocycles. The van der Waals surface area contributed by atoms with Crippen LogP contribution in [0.5, 0.6) is 5.75 Å². The zero-order valence-electron chi connectivity index (χ0n) is 17.1. The predicted molar refractivity (Wildman–Crippen MR) is 110 cm³/mol. The van der Waals surface area contributed by atoms with Crippen molar-refractivity contribution in [2.75, 3.05) is 32.7 Å². The zero-order valence-corrected chi connectivity index (χ0v) is 17.1. The van der Waals surface area contributed by atoms with Gasteiger partial charge in [-0.1, -0.05) is 18.2 Å². The number of likely N-dealkylation sites (tertiary alicyclic amines) is 1. The van der Waals surface area contributed by atoms with Gasteiger partial charge in [-0.3, -0.25) is 14.6 Å². The molecule has 7 heteroatoms. The number of piperidine rings is 1. The minimum Gasteiger partial charge on any atom is -0.508 e. The van der Waals surface area contributed by atoms with Gasteiger partial charge in [-0.25, -0.2) is 4.98 Å². The number of piperazine rings is 1. The third-order valence-electron chi connectivity index (χ3n) is 6.04. The fourth-order valence-electron chi connectivity index (χ4n) is 4.21. The predicted octanol–water partition coefficient (Wildman–Crippen LogP) is 2.71. The number of carbonyl (C=O) groups excluding carboxylic acids is 1. The minimum atomic E-state index is -0.0142. The highest BCUT2D eigenvalue weighted by Crippen LogP contribution is 2.21. The Labute approximate surface area is 171 Å². The Morgan fingerprint density at radius 2 is 1.83 bits per heavy atom. The SMILES string of the molecule is CC1CCCCN1C(=O)c1coc(CN2CCN(Cc3ccccc3O)CC2)n1. The number of rotatable bonds is 5. The molecule has 1 aromatic carbocycles. The molecule has 156 valence electrons. The molecule has 1 atom stereocenters. The first-order valence-corrected chi connectivity index (χ1v) is 10.6. The van der Waals surface area contributed by atoms with E-state index in [0.29, 0.717) is 23.9 Å². The van der Waals surface area contributed by atoms with Crippen molar-refractivity contribution >= 4 is 5.91 Å². The van der Waals surface area contributed by atoms with E-state index in [1.165, 1.54) is 12.7 Å². The summed E-state index contributed by atoms with van der Waals surface area (Å²) in [4.78, 5) is 23.7. The zero-order chi connectivity index (χ0) is 20.2. The number of para-hydroxylation sites is 1. The van der Waals surface area contributed by atoms with Crippen molar-refractivity contribution < 1.29 is 14.3 Å². The van der Waals surface area contributed by atoms with Crippen LogP contribution in [-0.4, -0.2) is 69.5 Å². The Balaban J connectivity index is 1.28. The summed E-state index contributed by atoms with van der Waals surface area (Å²) in [5.41, 5.74) is 1.38. The van der Waals surface area contributed by atoms with E-state index in [1.54, 1.807) is 6.07 Å². The molecule has 29 heavy (non-hydrogen) atoms. The molecule has 0 radical (unpaired) electrons. The minimum absolute atomic E-state index is 0.0142. The summed E-state index contributed by atoms with van der Waals surface area (Å²) in [6.45, 7) is 7.94. The number of carbonyl (C=O) groups is 1. The highest BCUT2D eigenvalue weighted by molar-refractivity contribution is 5.92. The molecule has 2 aliphatic heterocycles. The van der Waals surface area contributed by atoms with Gasteiger partial charge in [0, 0.05) is 50.9 Å². The van der Waals surface area contributed by atoms with E-state index < -0.39 is 0 Å². The van der Waals surface area contributed by atoms with Gasteiger partial charge in [-0.05, 0) is 32.3 Å². The highest BCUT2D eigenvalue weighted by Gasteiger charge is 2.27. The monoisotopic (exact) mass is 398 g/mol. The second-order valence-corrected chi connectivity index (χ2v) is 8.15. The molecule has 2 fully saturated rings. The molecule has 1 amide bonds. The lowest BCUT2D eigenvalue weighted by Crippen LogP contribution is -2.45. The third kappa shape index (κ3) is 4.79. The number of oxazole rings is 1. The lowest BCUT2D eigenvalue weighted by atomic mass is 10.0. The number of hydrogen-bond donors (Lipinski definition) is 1. The van der Waals surface area contributed by atoms with Crippen molar-refractivity contribution in [2.24, 2.45) is 0 Å². The van der Waals surface area contributed by atoms with Crippen LogP contribution < -0.4 is 0 Å². The van der Waals surface area contributed by atoms with E-state index in [-0.39, 0.29) is 11.9 Å². The van der Waals surface area contributed by atoms with E-state index >= 15 is 0 Å². The molecule has 0 spiro atoms. The van der Waals surface area contributed by atoms with Crippen LogP contribution in [0.2, 0.25) is 0 Å². The Morgan fingerprint density at radius 1 is 1.10 bits per heavy atom. The summed E-state index contributed by atoms with van der Waals surface area (Å²) in [5.74, 6) is 0.946. The molecule has 2 aliphatic rings. The number of aromatic hydroxyl groups is 1. The Bertz CT molecular complexity index is 829. The molecule has 1 N–H and O–H groups in total. The number of phenolic OH excluding ortho intramolecular Hbond substituents is 1. The van der Waals surface area contributed by atoms with E-state index in [2.05, 4.69) is 21.7 Å². The van der Waals surface area contributed by atoms with E-state index in [9.17, 15) is 9.90 Å². The molecule has 7 nitrogen and oxygen atoms in total. The maximum atomic E-state index is 12.7. The average Bonchev–Trinajstić information content (AvgIpc) is 3.19. The summed E-state index contributed by atoms with van der Waals surface area (Å²) in [7, 11) is 0. The lowest BCUT2D eigenvalue weighted by Gasteiger charge is -2.34. The van der Waals surface area contributed by atoms with Gasteiger partial charge >= 0.3 is 0 Å². The van der Waals surface area contributed by atoms with Crippen LogP contribution in [0.1, 0.15) is 48.1 Å². The number of benzene rings is 1. The normalized spacial score (nSPS) is 21.4. The topological polar surface area (TPSA) is 73.1 Å². The van der Waals surface area contributed by atoms with Crippen LogP contribution in [0.15, 0.2) is 34.9 Å². The molecule has 3 heterocycles. The fourth-order valence-corrected chi connectivity index (χ4v) is 4.21. The van der Waals surface area contributed by atoms with Crippen LogP contribution in [0.25, 0.3) is 0 Å². The van der Waals surface area contributed by atoms with Crippen LogP contribution in [0.4, 0.5) is 0 Å². The number of phenols is 1. The first-order chi connectivity index (χ1) is 14.1. The average molecular weight is 399 g/mol. The molecule has 0 bridgehead atoms. The van der Waals surface area contributed by atoms with Gasteiger partial charge in [0.2, 0.25) is 5.89 Å². The third-order valence-corrected chi connectivity index (χ3v) is 6.04. The van der Waals surface area contributed by atoms with E-state index in [0.717, 1.165) is 57.7 Å². The van der Waals surface area contributed by atoms with Crippen molar-refractivity contribution in [3.8, 4) is 5.75 Å². The van der Waals surface area contributed by atoms with Crippen LogP contribution in [0, 0.1) is 0 Å². The number of nitrogens with zero attached hydrogens (tertiary/aromatic N) is 4. The van der Waals surface area contributed by atoms with Crippen molar-refractivity contribution in [3.63, 3.8) is 0 Å². The maximum Gasteiger partial charge on any atom is 0.276 e. The molecule has 4 rings (SSSR count). The quantitative estimate of drug-likeness (QED) is 0.835. The van der Waals surface area contributed by atoms with Gasteiger partial charge in [-0.2, -0.15) is 0 Å². The summed E-state index contributed by atoms with van der Waals surface area (Å²) in [6, 6.07) is 7.78. The van der Waals surface area contributed by atoms with Crippen molar-refractivity contribution in [1.29, 1.82) is 0 Å². The summed E-state index contributed by atoms with van der Waals surface area (Å²) < 4.78 is 5.61. The Kier molecular flexibility index (Phi) is 6.16. The summed E-state index contributed by atoms with van der Waals surface area (Å²) in [6.07, 6.45) is 4.81. The molecule has 2 aromatic rings. The van der Waals surface area contributed by atoms with E-state index in [1.807, 2.05) is 23.1 Å². The van der Waals surface area contributed by atoms with Crippen molar-refractivity contribution in [3.05, 3.63) is 47.7 Å². The van der Waals surface area contributed by atoms with Gasteiger partial charge in [-0.15, -0.1) is 0 Å². The fraction of sp³-hybridized carbons (Fsp3) is 0.545. The van der Waals surface area contributed by atoms with Crippen LogP contribution in [-0.2, 0) is 13.1 Å². The number of aromatic nitrogens is 1. The van der Waals surface area contributed by atoms with Crippen molar-refractivity contribution in [2.45, 2.75) is 45.3 Å². The first kappa shape index (κ1) is 19.9. The maximum absolute atomic E-state index is 12.7. The van der Waals surface area contributed by atoms with Crippen molar-refractivity contribution in [1.82, 2.24) is 19.7 Å². The smallest absolute Gasteiger partial charge is 0.276 e. The Hall–Kier alpha value is -2.38. The van der Waals surface area contributed by atoms with Gasteiger partial charge in [0.25, 0.3) is 5.91 Å². The number of hydrogen-bond acceptors (Lipinski definition) is 6. The van der Waals surface area contributed by atoms with Gasteiger partial charge in [0.1, 0.15) is 12.0 Å². The molecule has 2 saturated heterocycles. The standard InChI is InChI=1S/C22H30N4O3/c1-17-6-4-5-9-26(17)22(28)19-16-29-21(23-19)15-25-12-10-24(11-13-25)14-18-7-2-3-8-20(18)27/h2-3,7-8,16-17,27H,4-6,9-15H2,1H3. The van der Waals surface area contributed by atoms with E-state index in [4.69, 9.17) is 4.42 Å². The summed E-state index contributed by atoms with van der Waals surface area (Å²) in [5, 5.41) is 9.96. The lowest BCUT2D eigenvalue weighted by molar-refractivity contribution is 0.0629. The molecule has 1 aromatic heterocycles. The Morgan fingerprint density at radius 3 is 2.55 bits per heavy atom. The van der Waals surface area contributed by atoms with Crippen LogP contribution in [0.3, 0.4) is 0 Å². The second kappa shape index (κ2) is 8.97.